The molecule has 0 radical (unpaired) electrons. The predicted molar refractivity (Wildman–Crippen MR) is 73.3 cm³/mol. The van der Waals surface area contributed by atoms with Crippen molar-refractivity contribution in [3.63, 3.8) is 0 Å². The third kappa shape index (κ3) is 5.33. The van der Waals surface area contributed by atoms with E-state index in [0.29, 0.717) is 19.0 Å². The smallest absolute Gasteiger partial charge is 0.221 e. The third-order valence-electron chi connectivity index (χ3n) is 2.58. The molecule has 0 bridgehead atoms. The summed E-state index contributed by atoms with van der Waals surface area (Å²) >= 11 is 1.78. The fourth-order valence-corrected chi connectivity index (χ4v) is 2.61. The summed E-state index contributed by atoms with van der Waals surface area (Å²) in [4.78, 5) is 12.7. The highest BCUT2D eigenvalue weighted by molar-refractivity contribution is 7.10. The molecule has 0 saturated carbocycles. The lowest BCUT2D eigenvalue weighted by atomic mass is 10.1. The first-order valence-electron chi connectivity index (χ1n) is 6.31. The second-order valence-electron chi connectivity index (χ2n) is 4.01. The molecule has 0 fully saturated rings. The average molecular weight is 254 g/mol. The number of hydrogen-bond acceptors (Lipinski definition) is 3. The maximum absolute atomic E-state index is 11.3. The zero-order chi connectivity index (χ0) is 12.5. The summed E-state index contributed by atoms with van der Waals surface area (Å²) in [5.74, 6) is 0.126. The van der Waals surface area contributed by atoms with Gasteiger partial charge in [0.15, 0.2) is 0 Å². The van der Waals surface area contributed by atoms with Crippen LogP contribution in [0.5, 0.6) is 0 Å². The number of rotatable bonds is 8. The zero-order valence-electron chi connectivity index (χ0n) is 10.7. The molecule has 0 saturated heterocycles. The molecule has 1 aromatic rings. The Bertz CT molecular complexity index is 311. The van der Waals surface area contributed by atoms with Gasteiger partial charge in [-0.1, -0.05) is 19.4 Å². The Hall–Kier alpha value is -0.870. The van der Waals surface area contributed by atoms with Crippen molar-refractivity contribution >= 4 is 17.2 Å². The maximum Gasteiger partial charge on any atom is 0.221 e. The monoisotopic (exact) mass is 254 g/mol. The van der Waals surface area contributed by atoms with Crippen LogP contribution in [0.15, 0.2) is 17.5 Å². The van der Waals surface area contributed by atoms with E-state index in [0.717, 1.165) is 19.4 Å². The van der Waals surface area contributed by atoms with E-state index < -0.39 is 0 Å². The van der Waals surface area contributed by atoms with E-state index >= 15 is 0 Å². The largest absolute Gasteiger partial charge is 0.356 e. The SMILES string of the molecule is CCCC(NCCC(=O)NCC)c1cccs1. The fourth-order valence-electron chi connectivity index (χ4n) is 1.77. The Kier molecular flexibility index (Phi) is 6.89. The highest BCUT2D eigenvalue weighted by Crippen LogP contribution is 2.22. The van der Waals surface area contributed by atoms with Crippen molar-refractivity contribution in [2.24, 2.45) is 0 Å². The van der Waals surface area contributed by atoms with E-state index in [1.54, 1.807) is 11.3 Å². The fraction of sp³-hybridized carbons (Fsp3) is 0.615. The van der Waals surface area contributed by atoms with E-state index in [4.69, 9.17) is 0 Å². The van der Waals surface area contributed by atoms with Gasteiger partial charge in [0, 0.05) is 30.4 Å². The first-order valence-corrected chi connectivity index (χ1v) is 7.19. The molecule has 0 aromatic carbocycles. The van der Waals surface area contributed by atoms with Crippen LogP contribution in [0.3, 0.4) is 0 Å². The molecule has 0 aliphatic carbocycles. The second kappa shape index (κ2) is 8.25. The van der Waals surface area contributed by atoms with Crippen molar-refractivity contribution in [1.82, 2.24) is 10.6 Å². The molecule has 4 heteroatoms. The summed E-state index contributed by atoms with van der Waals surface area (Å²) in [5, 5.41) is 8.37. The summed E-state index contributed by atoms with van der Waals surface area (Å²) in [6.07, 6.45) is 2.83. The Morgan fingerprint density at radius 3 is 2.88 bits per heavy atom. The molecule has 0 spiro atoms. The topological polar surface area (TPSA) is 41.1 Å². The summed E-state index contributed by atoms with van der Waals surface area (Å²) in [6, 6.07) is 4.63. The molecule has 1 heterocycles. The van der Waals surface area contributed by atoms with Gasteiger partial charge >= 0.3 is 0 Å². The normalized spacial score (nSPS) is 12.4. The van der Waals surface area contributed by atoms with Crippen LogP contribution in [0.2, 0.25) is 0 Å². The summed E-state index contributed by atoms with van der Waals surface area (Å²) in [7, 11) is 0. The molecule has 1 rings (SSSR count). The van der Waals surface area contributed by atoms with Crippen LogP contribution in [0.25, 0.3) is 0 Å². The second-order valence-corrected chi connectivity index (χ2v) is 4.99. The first kappa shape index (κ1) is 14.2. The number of thiophene rings is 1. The molecule has 1 atom stereocenters. The van der Waals surface area contributed by atoms with E-state index in [9.17, 15) is 4.79 Å². The molecular formula is C13H22N2OS. The van der Waals surface area contributed by atoms with Crippen LogP contribution in [0, 0.1) is 0 Å². The van der Waals surface area contributed by atoms with Gasteiger partial charge in [0.2, 0.25) is 5.91 Å². The minimum absolute atomic E-state index is 0.126. The number of amides is 1. The van der Waals surface area contributed by atoms with Crippen molar-refractivity contribution in [1.29, 1.82) is 0 Å². The summed E-state index contributed by atoms with van der Waals surface area (Å²) < 4.78 is 0. The van der Waals surface area contributed by atoms with Crippen molar-refractivity contribution in [2.45, 2.75) is 39.2 Å². The number of carbonyl (C=O) groups excluding carboxylic acids is 1. The van der Waals surface area contributed by atoms with Crippen LogP contribution in [0.1, 0.15) is 44.0 Å². The van der Waals surface area contributed by atoms with E-state index in [1.807, 2.05) is 6.92 Å². The van der Waals surface area contributed by atoms with Crippen LogP contribution in [0.4, 0.5) is 0 Å². The van der Waals surface area contributed by atoms with Gasteiger partial charge in [-0.25, -0.2) is 0 Å². The molecule has 3 nitrogen and oxygen atoms in total. The Balaban J connectivity index is 2.33. The van der Waals surface area contributed by atoms with Crippen LogP contribution in [-0.4, -0.2) is 19.0 Å². The molecule has 1 amide bonds. The number of carbonyl (C=O) groups is 1. The minimum atomic E-state index is 0.126. The van der Waals surface area contributed by atoms with Gasteiger partial charge in [-0.2, -0.15) is 0 Å². The highest BCUT2D eigenvalue weighted by atomic mass is 32.1. The van der Waals surface area contributed by atoms with E-state index in [-0.39, 0.29) is 5.91 Å². The Labute approximate surface area is 108 Å². The van der Waals surface area contributed by atoms with E-state index in [1.165, 1.54) is 4.88 Å². The maximum atomic E-state index is 11.3. The van der Waals surface area contributed by atoms with Gasteiger partial charge in [0.25, 0.3) is 0 Å². The molecule has 2 N–H and O–H groups in total. The summed E-state index contributed by atoms with van der Waals surface area (Å²) in [6.45, 7) is 5.58. The van der Waals surface area contributed by atoms with Gasteiger partial charge in [-0.3, -0.25) is 4.79 Å². The van der Waals surface area contributed by atoms with Gasteiger partial charge in [0.05, 0.1) is 0 Å². The lowest BCUT2D eigenvalue weighted by molar-refractivity contribution is -0.120. The molecule has 1 unspecified atom stereocenters. The zero-order valence-corrected chi connectivity index (χ0v) is 11.5. The highest BCUT2D eigenvalue weighted by Gasteiger charge is 2.11. The number of hydrogen-bond donors (Lipinski definition) is 2. The third-order valence-corrected chi connectivity index (χ3v) is 3.57. The van der Waals surface area contributed by atoms with Gasteiger partial charge in [-0.05, 0) is 24.8 Å². The number of nitrogens with one attached hydrogen (secondary N) is 2. The van der Waals surface area contributed by atoms with Gasteiger partial charge in [0.1, 0.15) is 0 Å². The standard InChI is InChI=1S/C13H22N2OS/c1-3-6-11(12-7-5-10-17-12)15-9-8-13(16)14-4-2/h5,7,10-11,15H,3-4,6,8-9H2,1-2H3,(H,14,16). The minimum Gasteiger partial charge on any atom is -0.356 e. The lowest BCUT2D eigenvalue weighted by Gasteiger charge is -2.16. The molecule has 1 aromatic heterocycles. The van der Waals surface area contributed by atoms with Gasteiger partial charge < -0.3 is 10.6 Å². The molecular weight excluding hydrogens is 232 g/mol. The quantitative estimate of drug-likeness (QED) is 0.749. The van der Waals surface area contributed by atoms with Crippen LogP contribution >= 0.6 is 11.3 Å². The Morgan fingerprint density at radius 2 is 2.29 bits per heavy atom. The van der Waals surface area contributed by atoms with Crippen molar-refractivity contribution < 1.29 is 4.79 Å². The molecule has 0 aliphatic rings. The van der Waals surface area contributed by atoms with Crippen LogP contribution in [-0.2, 0) is 4.79 Å². The lowest BCUT2D eigenvalue weighted by Crippen LogP contribution is -2.29. The molecule has 0 aliphatic heterocycles. The Morgan fingerprint density at radius 1 is 1.47 bits per heavy atom. The van der Waals surface area contributed by atoms with Gasteiger partial charge in [-0.15, -0.1) is 11.3 Å². The molecule has 96 valence electrons. The van der Waals surface area contributed by atoms with Crippen molar-refractivity contribution in [3.05, 3.63) is 22.4 Å². The first-order chi connectivity index (χ1) is 8.27. The van der Waals surface area contributed by atoms with E-state index in [2.05, 4.69) is 35.1 Å². The predicted octanol–water partition coefficient (Wildman–Crippen LogP) is 2.71. The summed E-state index contributed by atoms with van der Waals surface area (Å²) in [5.41, 5.74) is 0. The molecule has 17 heavy (non-hydrogen) atoms. The van der Waals surface area contributed by atoms with Crippen molar-refractivity contribution in [3.8, 4) is 0 Å². The van der Waals surface area contributed by atoms with Crippen molar-refractivity contribution in [2.75, 3.05) is 13.1 Å². The average Bonchev–Trinajstić information content (AvgIpc) is 2.81. The van der Waals surface area contributed by atoms with Crippen LogP contribution < -0.4 is 10.6 Å².